The number of amides is 1. The van der Waals surface area contributed by atoms with Gasteiger partial charge in [-0.2, -0.15) is 5.10 Å². The fraction of sp³-hybridized carbons (Fsp3) is 0.643. The lowest BCUT2D eigenvalue weighted by molar-refractivity contribution is -0.157. The minimum absolute atomic E-state index is 0.168. The van der Waals surface area contributed by atoms with Crippen LogP contribution in [0.15, 0.2) is 36.7 Å². The number of morpholine rings is 1. The van der Waals surface area contributed by atoms with Gasteiger partial charge in [0.2, 0.25) is 5.91 Å². The lowest BCUT2D eigenvalue weighted by Crippen LogP contribution is -2.57. The van der Waals surface area contributed by atoms with Gasteiger partial charge >= 0.3 is 0 Å². The number of nitrogens with zero attached hydrogens (tertiary/aromatic N) is 4. The van der Waals surface area contributed by atoms with Crippen LogP contribution in [0.3, 0.4) is 0 Å². The standard InChI is InChI=1S/C28H39ClN4O3/c29-24-9-11-26(12-10-24)35-22-28(17-27(34)32-13-5-2-6-14-32)21-31(15-16-36-28)19-23-18-30-33(20-23)25-7-3-1-4-8-25/h9-12,18,20,25H,1-8,13-17,19,21-22H2. The summed E-state index contributed by atoms with van der Waals surface area (Å²) >= 11 is 6.05. The number of carbonyl (C=O) groups is 1. The number of piperidine rings is 1. The van der Waals surface area contributed by atoms with E-state index in [9.17, 15) is 4.79 Å². The number of benzene rings is 1. The van der Waals surface area contributed by atoms with Crippen molar-refractivity contribution < 1.29 is 14.3 Å². The Bertz CT molecular complexity index is 985. The summed E-state index contributed by atoms with van der Waals surface area (Å²) in [4.78, 5) is 17.7. The van der Waals surface area contributed by atoms with Crippen molar-refractivity contribution in [3.8, 4) is 5.75 Å². The van der Waals surface area contributed by atoms with Crippen molar-refractivity contribution in [3.63, 3.8) is 0 Å². The Morgan fingerprint density at radius 1 is 1.06 bits per heavy atom. The molecule has 196 valence electrons. The van der Waals surface area contributed by atoms with Crippen molar-refractivity contribution in [1.82, 2.24) is 19.6 Å². The number of ether oxygens (including phenoxy) is 2. The van der Waals surface area contributed by atoms with E-state index in [-0.39, 0.29) is 5.91 Å². The molecule has 1 atom stereocenters. The molecule has 3 fully saturated rings. The van der Waals surface area contributed by atoms with Gasteiger partial charge < -0.3 is 14.4 Å². The Morgan fingerprint density at radius 2 is 1.81 bits per heavy atom. The summed E-state index contributed by atoms with van der Waals surface area (Å²) in [5.74, 6) is 0.903. The number of hydrogen-bond donors (Lipinski definition) is 0. The van der Waals surface area contributed by atoms with Gasteiger partial charge in [0.1, 0.15) is 18.0 Å². The number of hydrogen-bond acceptors (Lipinski definition) is 5. The highest BCUT2D eigenvalue weighted by Gasteiger charge is 2.41. The molecule has 1 unspecified atom stereocenters. The quantitative estimate of drug-likeness (QED) is 0.491. The van der Waals surface area contributed by atoms with Gasteiger partial charge in [0, 0.05) is 49.5 Å². The van der Waals surface area contributed by atoms with E-state index in [1.807, 2.05) is 35.4 Å². The first kappa shape index (κ1) is 25.6. The first-order valence-corrected chi connectivity index (χ1v) is 14.0. The van der Waals surface area contributed by atoms with Crippen molar-refractivity contribution in [2.24, 2.45) is 0 Å². The minimum Gasteiger partial charge on any atom is -0.491 e. The molecule has 3 heterocycles. The summed E-state index contributed by atoms with van der Waals surface area (Å²) < 4.78 is 14.7. The smallest absolute Gasteiger partial charge is 0.225 e. The fourth-order valence-electron chi connectivity index (χ4n) is 5.84. The maximum Gasteiger partial charge on any atom is 0.225 e. The monoisotopic (exact) mass is 514 g/mol. The van der Waals surface area contributed by atoms with Crippen LogP contribution in [-0.4, -0.2) is 70.5 Å². The Morgan fingerprint density at radius 3 is 2.58 bits per heavy atom. The van der Waals surface area contributed by atoms with Gasteiger partial charge in [-0.1, -0.05) is 30.9 Å². The zero-order valence-corrected chi connectivity index (χ0v) is 22.0. The molecule has 1 aliphatic carbocycles. The summed E-state index contributed by atoms with van der Waals surface area (Å²) in [6.45, 7) is 4.87. The molecular weight excluding hydrogens is 476 g/mol. The van der Waals surface area contributed by atoms with Crippen molar-refractivity contribution >= 4 is 17.5 Å². The van der Waals surface area contributed by atoms with Crippen LogP contribution in [-0.2, 0) is 16.1 Å². The molecule has 1 aromatic heterocycles. The highest BCUT2D eigenvalue weighted by Crippen LogP contribution is 2.29. The third kappa shape index (κ3) is 6.61. The highest BCUT2D eigenvalue weighted by molar-refractivity contribution is 6.30. The lowest BCUT2D eigenvalue weighted by atomic mass is 9.95. The molecule has 0 radical (unpaired) electrons. The molecule has 5 rings (SSSR count). The molecule has 0 N–H and O–H groups in total. The molecule has 8 heteroatoms. The maximum atomic E-state index is 13.3. The van der Waals surface area contributed by atoms with E-state index in [2.05, 4.69) is 15.8 Å². The lowest BCUT2D eigenvalue weighted by Gasteiger charge is -2.43. The fourth-order valence-corrected chi connectivity index (χ4v) is 5.97. The van der Waals surface area contributed by atoms with Crippen LogP contribution in [0.4, 0.5) is 0 Å². The largest absolute Gasteiger partial charge is 0.491 e. The molecule has 1 amide bonds. The average Bonchev–Trinajstić information content (AvgIpc) is 3.38. The molecule has 2 aromatic rings. The van der Waals surface area contributed by atoms with Gasteiger partial charge in [0.05, 0.1) is 25.3 Å². The number of halogens is 1. The van der Waals surface area contributed by atoms with Crippen LogP contribution >= 0.6 is 11.6 Å². The molecule has 1 aromatic carbocycles. The highest BCUT2D eigenvalue weighted by atomic mass is 35.5. The first-order valence-electron chi connectivity index (χ1n) is 13.6. The summed E-state index contributed by atoms with van der Waals surface area (Å²) in [6.07, 6.45) is 14.3. The van der Waals surface area contributed by atoms with E-state index in [0.29, 0.717) is 37.2 Å². The van der Waals surface area contributed by atoms with Crippen molar-refractivity contribution in [2.45, 2.75) is 76.0 Å². The van der Waals surface area contributed by atoms with Gasteiger partial charge in [-0.15, -0.1) is 0 Å². The second-order valence-corrected chi connectivity index (χ2v) is 11.2. The Hall–Kier alpha value is -2.09. The number of aromatic nitrogens is 2. The zero-order valence-electron chi connectivity index (χ0n) is 21.2. The molecule has 2 saturated heterocycles. The Balaban J connectivity index is 1.27. The van der Waals surface area contributed by atoms with E-state index in [1.165, 1.54) is 44.1 Å². The Kier molecular flexibility index (Phi) is 8.50. The summed E-state index contributed by atoms with van der Waals surface area (Å²) in [6, 6.07) is 7.90. The van der Waals surface area contributed by atoms with Crippen LogP contribution in [0.1, 0.15) is 69.4 Å². The van der Waals surface area contributed by atoms with Crippen LogP contribution in [0.2, 0.25) is 5.02 Å². The van der Waals surface area contributed by atoms with Gasteiger partial charge in [-0.25, -0.2) is 0 Å². The summed E-state index contributed by atoms with van der Waals surface area (Å²) in [5, 5.41) is 5.37. The molecule has 36 heavy (non-hydrogen) atoms. The molecular formula is C28H39ClN4O3. The van der Waals surface area contributed by atoms with E-state index in [0.717, 1.165) is 44.8 Å². The van der Waals surface area contributed by atoms with Crippen LogP contribution in [0.5, 0.6) is 5.75 Å². The minimum atomic E-state index is -0.689. The van der Waals surface area contributed by atoms with Gasteiger partial charge in [0.25, 0.3) is 0 Å². The van der Waals surface area contributed by atoms with Gasteiger partial charge in [-0.3, -0.25) is 14.4 Å². The normalized spacial score (nSPS) is 24.1. The van der Waals surface area contributed by atoms with Gasteiger partial charge in [0.15, 0.2) is 0 Å². The Labute approximate surface area is 219 Å². The van der Waals surface area contributed by atoms with E-state index in [4.69, 9.17) is 26.2 Å². The second-order valence-electron chi connectivity index (χ2n) is 10.7. The predicted molar refractivity (Wildman–Crippen MR) is 140 cm³/mol. The topological polar surface area (TPSA) is 59.8 Å². The van der Waals surface area contributed by atoms with Crippen LogP contribution < -0.4 is 4.74 Å². The number of likely N-dealkylation sites (tertiary alicyclic amines) is 1. The van der Waals surface area contributed by atoms with E-state index < -0.39 is 5.60 Å². The second kappa shape index (κ2) is 12.0. The molecule has 3 aliphatic rings. The van der Waals surface area contributed by atoms with Crippen LogP contribution in [0, 0.1) is 0 Å². The summed E-state index contributed by atoms with van der Waals surface area (Å²) in [5.41, 5.74) is 0.531. The third-order valence-electron chi connectivity index (χ3n) is 7.84. The molecule has 7 nitrogen and oxygen atoms in total. The molecule has 1 saturated carbocycles. The van der Waals surface area contributed by atoms with Gasteiger partial charge in [-0.05, 0) is 56.4 Å². The van der Waals surface area contributed by atoms with Crippen molar-refractivity contribution in [3.05, 3.63) is 47.2 Å². The molecule has 0 bridgehead atoms. The number of carbonyl (C=O) groups excluding carboxylic acids is 1. The number of rotatable bonds is 8. The SMILES string of the molecule is O=C(CC1(COc2ccc(Cl)cc2)CN(Cc2cnn(C3CCCCC3)c2)CCO1)N1CCCCC1. The first-order chi connectivity index (χ1) is 17.6. The zero-order chi connectivity index (χ0) is 24.8. The van der Waals surface area contributed by atoms with Crippen molar-refractivity contribution in [2.75, 3.05) is 39.4 Å². The maximum absolute atomic E-state index is 13.3. The predicted octanol–water partition coefficient (Wildman–Crippen LogP) is 5.09. The average molecular weight is 515 g/mol. The van der Waals surface area contributed by atoms with Crippen molar-refractivity contribution in [1.29, 1.82) is 0 Å². The molecule has 2 aliphatic heterocycles. The third-order valence-corrected chi connectivity index (χ3v) is 8.09. The van der Waals surface area contributed by atoms with Crippen LogP contribution in [0.25, 0.3) is 0 Å². The summed E-state index contributed by atoms with van der Waals surface area (Å²) in [7, 11) is 0. The van der Waals surface area contributed by atoms with E-state index >= 15 is 0 Å². The van der Waals surface area contributed by atoms with E-state index in [1.54, 1.807) is 0 Å². The molecule has 0 spiro atoms.